The summed E-state index contributed by atoms with van der Waals surface area (Å²) in [5.41, 5.74) is 10.5. The minimum atomic E-state index is 0. The minimum absolute atomic E-state index is 0. The van der Waals surface area contributed by atoms with Gasteiger partial charge in [0.1, 0.15) is 5.82 Å². The van der Waals surface area contributed by atoms with Gasteiger partial charge in [0, 0.05) is 30.7 Å². The Kier molecular flexibility index (Phi) is 7.76. The highest BCUT2D eigenvalue weighted by molar-refractivity contribution is 5.85. The average molecular weight is 421 g/mol. The second-order valence-corrected chi connectivity index (χ2v) is 7.74. The number of nitrogens with zero attached hydrogens (tertiary/aromatic N) is 3. The fraction of sp³-hybridized carbons (Fsp3) is 0.409. The molecule has 1 saturated heterocycles. The summed E-state index contributed by atoms with van der Waals surface area (Å²) in [6.07, 6.45) is 2.43. The Hall–Kier alpha value is -1.75. The van der Waals surface area contributed by atoms with Gasteiger partial charge in [0.05, 0.1) is 11.0 Å². The van der Waals surface area contributed by atoms with Gasteiger partial charge in [-0.1, -0.05) is 24.3 Å². The molecule has 28 heavy (non-hydrogen) atoms. The van der Waals surface area contributed by atoms with Gasteiger partial charge in [-0.25, -0.2) is 4.98 Å². The predicted molar refractivity (Wildman–Crippen MR) is 123 cm³/mol. The Morgan fingerprint density at radius 1 is 1.11 bits per heavy atom. The first kappa shape index (κ1) is 22.5. The van der Waals surface area contributed by atoms with E-state index in [4.69, 9.17) is 10.7 Å². The number of hydrogen-bond acceptors (Lipinski definition) is 3. The lowest BCUT2D eigenvalue weighted by Crippen LogP contribution is -2.35. The molecule has 1 atom stereocenters. The van der Waals surface area contributed by atoms with Gasteiger partial charge in [0.2, 0.25) is 0 Å². The Morgan fingerprint density at radius 3 is 2.64 bits per heavy atom. The molecule has 2 heterocycles. The lowest BCUT2D eigenvalue weighted by molar-refractivity contribution is 0.194. The number of aromatic nitrogens is 2. The predicted octanol–water partition coefficient (Wildman–Crippen LogP) is 5.42. The van der Waals surface area contributed by atoms with Crippen LogP contribution in [0.4, 0.5) is 5.69 Å². The summed E-state index contributed by atoms with van der Waals surface area (Å²) in [5.74, 6) is 1.73. The van der Waals surface area contributed by atoms with Crippen LogP contribution in [0.2, 0.25) is 0 Å². The molecule has 2 N–H and O–H groups in total. The quantitative estimate of drug-likeness (QED) is 0.572. The minimum Gasteiger partial charge on any atom is -0.399 e. The van der Waals surface area contributed by atoms with E-state index in [-0.39, 0.29) is 24.8 Å². The van der Waals surface area contributed by atoms with Gasteiger partial charge in [-0.05, 0) is 63.1 Å². The number of para-hydroxylation sites is 2. The van der Waals surface area contributed by atoms with Crippen LogP contribution in [-0.4, -0.2) is 27.5 Å². The van der Waals surface area contributed by atoms with E-state index in [9.17, 15) is 0 Å². The topological polar surface area (TPSA) is 47.1 Å². The molecule has 0 saturated carbocycles. The summed E-state index contributed by atoms with van der Waals surface area (Å²) in [7, 11) is 0. The van der Waals surface area contributed by atoms with Crippen LogP contribution in [0.25, 0.3) is 11.0 Å². The van der Waals surface area contributed by atoms with Crippen LogP contribution in [0.5, 0.6) is 0 Å². The van der Waals surface area contributed by atoms with Crippen LogP contribution in [-0.2, 0) is 6.54 Å². The van der Waals surface area contributed by atoms with Crippen molar-refractivity contribution in [3.8, 4) is 0 Å². The van der Waals surface area contributed by atoms with Gasteiger partial charge >= 0.3 is 0 Å². The number of nitrogens with two attached hydrogens (primary N) is 1. The number of anilines is 1. The van der Waals surface area contributed by atoms with Crippen LogP contribution < -0.4 is 5.73 Å². The monoisotopic (exact) mass is 420 g/mol. The first-order valence-electron chi connectivity index (χ1n) is 9.65. The van der Waals surface area contributed by atoms with E-state index in [0.29, 0.717) is 12.0 Å². The molecule has 3 aromatic rings. The zero-order valence-electron chi connectivity index (χ0n) is 16.5. The summed E-state index contributed by atoms with van der Waals surface area (Å²) in [6.45, 7) is 7.68. The lowest BCUT2D eigenvalue weighted by Gasteiger charge is -2.33. The molecule has 1 aromatic heterocycles. The average Bonchev–Trinajstić information content (AvgIpc) is 3.02. The third-order valence-corrected chi connectivity index (χ3v) is 5.37. The Balaban J connectivity index is 0.00000140. The molecule has 1 aliphatic heterocycles. The number of imidazole rings is 1. The van der Waals surface area contributed by atoms with E-state index in [1.54, 1.807) is 0 Å². The third kappa shape index (κ3) is 4.62. The van der Waals surface area contributed by atoms with Crippen LogP contribution in [0, 0.1) is 0 Å². The number of hydrogen-bond donors (Lipinski definition) is 1. The number of piperidine rings is 1. The zero-order chi connectivity index (χ0) is 18.1. The standard InChI is InChI=1S/C22H28N4.2ClH/c1-16(2)26-21-11-4-3-10-20(21)24-22(26)18-8-6-12-25(15-18)14-17-7-5-9-19(23)13-17;;/h3-5,7,9-11,13,16,18H,6,8,12,14-15,23H2,1-2H3;2*1H. The molecular weight excluding hydrogens is 391 g/mol. The van der Waals surface area contributed by atoms with Crippen molar-refractivity contribution in [2.45, 2.75) is 45.2 Å². The van der Waals surface area contributed by atoms with Crippen molar-refractivity contribution in [3.63, 3.8) is 0 Å². The molecule has 0 spiro atoms. The maximum Gasteiger partial charge on any atom is 0.114 e. The van der Waals surface area contributed by atoms with Gasteiger partial charge in [-0.15, -0.1) is 24.8 Å². The second kappa shape index (κ2) is 9.64. The number of rotatable bonds is 4. The van der Waals surface area contributed by atoms with Crippen molar-refractivity contribution in [3.05, 3.63) is 59.9 Å². The number of fused-ring (bicyclic) bond motifs is 1. The van der Waals surface area contributed by atoms with Gasteiger partial charge in [0.25, 0.3) is 0 Å². The Bertz CT molecular complexity index is 906. The van der Waals surface area contributed by atoms with Crippen molar-refractivity contribution in [2.75, 3.05) is 18.8 Å². The summed E-state index contributed by atoms with van der Waals surface area (Å²) in [5, 5.41) is 0. The maximum absolute atomic E-state index is 5.95. The molecule has 4 nitrogen and oxygen atoms in total. The van der Waals surface area contributed by atoms with Crippen molar-refractivity contribution >= 4 is 41.5 Å². The van der Waals surface area contributed by atoms with E-state index in [0.717, 1.165) is 30.8 Å². The van der Waals surface area contributed by atoms with Crippen LogP contribution in [0.15, 0.2) is 48.5 Å². The van der Waals surface area contributed by atoms with E-state index in [1.807, 2.05) is 12.1 Å². The second-order valence-electron chi connectivity index (χ2n) is 7.74. The highest BCUT2D eigenvalue weighted by Crippen LogP contribution is 2.32. The smallest absolute Gasteiger partial charge is 0.114 e. The van der Waals surface area contributed by atoms with Crippen molar-refractivity contribution in [1.29, 1.82) is 0 Å². The molecule has 4 rings (SSSR count). The third-order valence-electron chi connectivity index (χ3n) is 5.37. The number of benzene rings is 2. The molecule has 6 heteroatoms. The van der Waals surface area contributed by atoms with Gasteiger partial charge < -0.3 is 10.3 Å². The molecule has 152 valence electrons. The van der Waals surface area contributed by atoms with Gasteiger partial charge in [0.15, 0.2) is 0 Å². The molecule has 0 amide bonds. The first-order valence-corrected chi connectivity index (χ1v) is 9.65. The fourth-order valence-electron chi connectivity index (χ4n) is 4.25. The zero-order valence-corrected chi connectivity index (χ0v) is 18.2. The molecule has 0 bridgehead atoms. The molecule has 2 aromatic carbocycles. The molecule has 0 aliphatic carbocycles. The lowest BCUT2D eigenvalue weighted by atomic mass is 9.96. The summed E-state index contributed by atoms with van der Waals surface area (Å²) in [6, 6.07) is 17.2. The van der Waals surface area contributed by atoms with E-state index < -0.39 is 0 Å². The Labute approximate surface area is 179 Å². The van der Waals surface area contributed by atoms with Crippen molar-refractivity contribution in [1.82, 2.24) is 14.5 Å². The maximum atomic E-state index is 5.95. The molecular formula is C22H30Cl2N4. The summed E-state index contributed by atoms with van der Waals surface area (Å²) < 4.78 is 2.43. The number of halogens is 2. The van der Waals surface area contributed by atoms with E-state index >= 15 is 0 Å². The van der Waals surface area contributed by atoms with E-state index in [1.165, 1.54) is 29.7 Å². The van der Waals surface area contributed by atoms with Crippen molar-refractivity contribution < 1.29 is 0 Å². The number of nitrogen functional groups attached to an aromatic ring is 1. The summed E-state index contributed by atoms with van der Waals surface area (Å²) in [4.78, 5) is 7.58. The van der Waals surface area contributed by atoms with Crippen LogP contribution >= 0.6 is 24.8 Å². The van der Waals surface area contributed by atoms with Crippen LogP contribution in [0.3, 0.4) is 0 Å². The SMILES string of the molecule is CC(C)n1c(C2CCCN(Cc3cccc(N)c3)C2)nc2ccccc21.Cl.Cl. The molecule has 1 fully saturated rings. The molecule has 0 radical (unpaired) electrons. The number of likely N-dealkylation sites (tertiary alicyclic amines) is 1. The van der Waals surface area contributed by atoms with Crippen LogP contribution in [0.1, 0.15) is 50.0 Å². The molecule has 1 aliphatic rings. The van der Waals surface area contributed by atoms with Crippen molar-refractivity contribution in [2.24, 2.45) is 0 Å². The molecule has 1 unspecified atom stereocenters. The first-order chi connectivity index (χ1) is 12.6. The largest absolute Gasteiger partial charge is 0.399 e. The van der Waals surface area contributed by atoms with Gasteiger partial charge in [-0.2, -0.15) is 0 Å². The van der Waals surface area contributed by atoms with Gasteiger partial charge in [-0.3, -0.25) is 4.90 Å². The highest BCUT2D eigenvalue weighted by atomic mass is 35.5. The fourth-order valence-corrected chi connectivity index (χ4v) is 4.25. The normalized spacial score (nSPS) is 17.3. The summed E-state index contributed by atoms with van der Waals surface area (Å²) >= 11 is 0. The Morgan fingerprint density at radius 2 is 1.89 bits per heavy atom. The highest BCUT2D eigenvalue weighted by Gasteiger charge is 2.27. The van der Waals surface area contributed by atoms with E-state index in [2.05, 4.69) is 59.7 Å².